The van der Waals surface area contributed by atoms with Gasteiger partial charge in [-0.05, 0) is 24.1 Å². The fourth-order valence-electron chi connectivity index (χ4n) is 2.01. The predicted molar refractivity (Wildman–Crippen MR) is 74.8 cm³/mol. The summed E-state index contributed by atoms with van der Waals surface area (Å²) in [5.41, 5.74) is 0.835. The van der Waals surface area contributed by atoms with E-state index < -0.39 is 23.6 Å². The molecule has 0 saturated heterocycles. The van der Waals surface area contributed by atoms with E-state index in [0.29, 0.717) is 12.5 Å². The van der Waals surface area contributed by atoms with Gasteiger partial charge in [0.25, 0.3) is 5.91 Å². The maximum Gasteiger partial charge on any atom is 0.251 e. The minimum Gasteiger partial charge on any atom is -0.394 e. The van der Waals surface area contributed by atoms with E-state index in [-0.39, 0.29) is 12.2 Å². The first-order valence-electron chi connectivity index (χ1n) is 6.50. The average Bonchev–Trinajstić information content (AvgIpc) is 2.46. The highest BCUT2D eigenvalue weighted by Gasteiger charge is 2.15. The third-order valence-electron chi connectivity index (χ3n) is 3.01. The van der Waals surface area contributed by atoms with Crippen molar-refractivity contribution in [2.45, 2.75) is 12.5 Å². The Hall–Kier alpha value is -2.27. The molecule has 0 unspecified atom stereocenters. The van der Waals surface area contributed by atoms with Gasteiger partial charge in [-0.15, -0.1) is 0 Å². The van der Waals surface area contributed by atoms with Crippen molar-refractivity contribution in [2.75, 3.05) is 6.61 Å². The Bertz CT molecular complexity index is 597. The van der Waals surface area contributed by atoms with Crippen molar-refractivity contribution in [1.29, 1.82) is 0 Å². The summed E-state index contributed by atoms with van der Waals surface area (Å²) in [7, 11) is 0. The van der Waals surface area contributed by atoms with E-state index in [1.807, 2.05) is 30.3 Å². The van der Waals surface area contributed by atoms with E-state index in [1.165, 1.54) is 0 Å². The molecule has 0 bridgehead atoms. The number of amides is 1. The lowest BCUT2D eigenvalue weighted by Crippen LogP contribution is -2.39. The number of carbonyl (C=O) groups is 1. The summed E-state index contributed by atoms with van der Waals surface area (Å²) >= 11 is 0. The molecule has 0 aliphatic rings. The third-order valence-corrected chi connectivity index (χ3v) is 3.01. The second kappa shape index (κ2) is 6.95. The molecule has 21 heavy (non-hydrogen) atoms. The normalized spacial score (nSPS) is 12.0. The monoisotopic (exact) mass is 291 g/mol. The first-order valence-corrected chi connectivity index (χ1v) is 6.50. The number of hydrogen-bond acceptors (Lipinski definition) is 2. The van der Waals surface area contributed by atoms with E-state index in [0.717, 1.165) is 17.7 Å². The molecule has 1 atom stereocenters. The van der Waals surface area contributed by atoms with Gasteiger partial charge in [0.2, 0.25) is 0 Å². The number of nitrogens with one attached hydrogen (secondary N) is 1. The highest BCUT2D eigenvalue weighted by molar-refractivity contribution is 5.94. The predicted octanol–water partition coefficient (Wildman–Crippen LogP) is 2.30. The highest BCUT2D eigenvalue weighted by atomic mass is 19.1. The average molecular weight is 291 g/mol. The summed E-state index contributed by atoms with van der Waals surface area (Å²) in [5.74, 6) is -2.25. The van der Waals surface area contributed by atoms with Gasteiger partial charge in [-0.25, -0.2) is 8.78 Å². The molecule has 0 aliphatic heterocycles. The lowest BCUT2D eigenvalue weighted by molar-refractivity contribution is 0.0915. The van der Waals surface area contributed by atoms with Gasteiger partial charge in [-0.3, -0.25) is 4.79 Å². The first kappa shape index (κ1) is 15.1. The summed E-state index contributed by atoms with van der Waals surface area (Å²) in [5, 5.41) is 11.9. The van der Waals surface area contributed by atoms with Crippen molar-refractivity contribution in [1.82, 2.24) is 5.32 Å². The number of hydrogen-bond donors (Lipinski definition) is 2. The van der Waals surface area contributed by atoms with Crippen LogP contribution in [0.15, 0.2) is 48.5 Å². The number of aliphatic hydroxyl groups is 1. The van der Waals surface area contributed by atoms with E-state index in [2.05, 4.69) is 5.32 Å². The summed E-state index contributed by atoms with van der Waals surface area (Å²) in [4.78, 5) is 12.0. The van der Waals surface area contributed by atoms with Gasteiger partial charge >= 0.3 is 0 Å². The van der Waals surface area contributed by atoms with Gasteiger partial charge in [0.15, 0.2) is 0 Å². The molecule has 2 aromatic carbocycles. The highest BCUT2D eigenvalue weighted by Crippen LogP contribution is 2.09. The molecule has 0 spiro atoms. The van der Waals surface area contributed by atoms with Crippen LogP contribution in [-0.2, 0) is 6.42 Å². The van der Waals surface area contributed by atoms with Crippen LogP contribution in [-0.4, -0.2) is 23.7 Å². The van der Waals surface area contributed by atoms with E-state index in [9.17, 15) is 18.7 Å². The molecule has 0 aromatic heterocycles. The number of carbonyl (C=O) groups excluding carboxylic acids is 1. The molecule has 0 radical (unpaired) electrons. The molecule has 5 heteroatoms. The van der Waals surface area contributed by atoms with E-state index in [1.54, 1.807) is 0 Å². The summed E-state index contributed by atoms with van der Waals surface area (Å²) in [6, 6.07) is 11.4. The van der Waals surface area contributed by atoms with Crippen LogP contribution in [0.2, 0.25) is 0 Å². The lowest BCUT2D eigenvalue weighted by atomic mass is 10.1. The smallest absolute Gasteiger partial charge is 0.251 e. The van der Waals surface area contributed by atoms with Crippen LogP contribution in [0.5, 0.6) is 0 Å². The Morgan fingerprint density at radius 3 is 2.29 bits per heavy atom. The van der Waals surface area contributed by atoms with Gasteiger partial charge in [-0.1, -0.05) is 30.3 Å². The molecule has 2 aromatic rings. The molecule has 0 heterocycles. The van der Waals surface area contributed by atoms with Crippen molar-refractivity contribution >= 4 is 5.91 Å². The van der Waals surface area contributed by atoms with Crippen molar-refractivity contribution < 1.29 is 18.7 Å². The Morgan fingerprint density at radius 2 is 1.71 bits per heavy atom. The topological polar surface area (TPSA) is 49.3 Å². The summed E-state index contributed by atoms with van der Waals surface area (Å²) in [6.45, 7) is -0.265. The summed E-state index contributed by atoms with van der Waals surface area (Å²) in [6.07, 6.45) is 0.431. The van der Waals surface area contributed by atoms with Crippen LogP contribution in [0.25, 0.3) is 0 Å². The van der Waals surface area contributed by atoms with Gasteiger partial charge in [-0.2, -0.15) is 0 Å². The SMILES string of the molecule is O=C(N[C@H](CO)Cc1ccccc1)c1cc(F)cc(F)c1. The lowest BCUT2D eigenvalue weighted by Gasteiger charge is -2.16. The Balaban J connectivity index is 2.05. The zero-order valence-corrected chi connectivity index (χ0v) is 11.2. The van der Waals surface area contributed by atoms with Crippen LogP contribution >= 0.6 is 0 Å². The molecular formula is C16H15F2NO2. The minimum atomic E-state index is -0.816. The molecule has 110 valence electrons. The minimum absolute atomic E-state index is 0.112. The molecule has 0 saturated carbocycles. The molecule has 2 rings (SSSR count). The number of rotatable bonds is 5. The van der Waals surface area contributed by atoms with Crippen molar-refractivity contribution in [3.05, 3.63) is 71.3 Å². The number of aliphatic hydroxyl groups excluding tert-OH is 1. The molecule has 0 fully saturated rings. The van der Waals surface area contributed by atoms with Crippen molar-refractivity contribution in [3.8, 4) is 0 Å². The fourth-order valence-corrected chi connectivity index (χ4v) is 2.01. The first-order chi connectivity index (χ1) is 10.1. The zero-order chi connectivity index (χ0) is 15.2. The molecule has 0 aliphatic carbocycles. The Labute approximate surface area is 121 Å². The largest absolute Gasteiger partial charge is 0.394 e. The summed E-state index contributed by atoms with van der Waals surface area (Å²) < 4.78 is 26.2. The quantitative estimate of drug-likeness (QED) is 0.888. The van der Waals surface area contributed by atoms with Crippen molar-refractivity contribution in [2.24, 2.45) is 0 Å². The third kappa shape index (κ3) is 4.36. The second-order valence-corrected chi connectivity index (χ2v) is 4.70. The Morgan fingerprint density at radius 1 is 1.10 bits per heavy atom. The standard InChI is InChI=1S/C16H15F2NO2/c17-13-7-12(8-14(18)9-13)16(21)19-15(10-20)6-11-4-2-1-3-5-11/h1-5,7-9,15,20H,6,10H2,(H,19,21)/t15-/m0/s1. The van der Waals surface area contributed by atoms with Crippen LogP contribution in [0, 0.1) is 11.6 Å². The maximum atomic E-state index is 13.1. The second-order valence-electron chi connectivity index (χ2n) is 4.70. The van der Waals surface area contributed by atoms with Gasteiger partial charge in [0, 0.05) is 11.6 Å². The van der Waals surface area contributed by atoms with Gasteiger partial charge < -0.3 is 10.4 Å². The van der Waals surface area contributed by atoms with Crippen LogP contribution < -0.4 is 5.32 Å². The van der Waals surface area contributed by atoms with E-state index >= 15 is 0 Å². The maximum absolute atomic E-state index is 13.1. The van der Waals surface area contributed by atoms with E-state index in [4.69, 9.17) is 0 Å². The van der Waals surface area contributed by atoms with Crippen LogP contribution in [0.4, 0.5) is 8.78 Å². The number of benzene rings is 2. The van der Waals surface area contributed by atoms with Gasteiger partial charge in [0.05, 0.1) is 12.6 Å². The van der Waals surface area contributed by atoms with Crippen LogP contribution in [0.1, 0.15) is 15.9 Å². The molecular weight excluding hydrogens is 276 g/mol. The fraction of sp³-hybridized carbons (Fsp3) is 0.188. The number of halogens is 2. The van der Waals surface area contributed by atoms with Crippen LogP contribution in [0.3, 0.4) is 0 Å². The van der Waals surface area contributed by atoms with Crippen molar-refractivity contribution in [3.63, 3.8) is 0 Å². The molecule has 3 nitrogen and oxygen atoms in total. The Kier molecular flexibility index (Phi) is 5.00. The van der Waals surface area contributed by atoms with Gasteiger partial charge in [0.1, 0.15) is 11.6 Å². The zero-order valence-electron chi connectivity index (χ0n) is 11.2. The molecule has 2 N–H and O–H groups in total. The molecule has 1 amide bonds.